The third-order valence-electron chi connectivity index (χ3n) is 5.45. The molecular formula is C20H34KNO11. The molecule has 12 nitrogen and oxygen atoms in total. The third-order valence-corrected chi connectivity index (χ3v) is 5.45. The van der Waals surface area contributed by atoms with E-state index in [0.717, 1.165) is 0 Å². The Balaban J connectivity index is 0.00000544. The second-order valence-electron chi connectivity index (χ2n) is 8.75. The molecule has 1 amide bonds. The predicted molar refractivity (Wildman–Crippen MR) is 105 cm³/mol. The SMILES string of the molecule is CC(=O)NC1C(C(C)C)OC(CO)C(O)C1OC1OC(C(=O)O)C(OC(C)C)C([O-])C1O.[K+]. The number of carboxylic acids is 1. The van der Waals surface area contributed by atoms with Gasteiger partial charge in [0.1, 0.15) is 18.3 Å². The molecule has 2 rings (SSSR count). The van der Waals surface area contributed by atoms with E-state index < -0.39 is 85.8 Å². The summed E-state index contributed by atoms with van der Waals surface area (Å²) in [6.45, 7) is 7.52. The minimum Gasteiger partial charge on any atom is -0.848 e. The maximum Gasteiger partial charge on any atom is 1.00 e. The van der Waals surface area contributed by atoms with Gasteiger partial charge in [0.05, 0.1) is 37.1 Å². The van der Waals surface area contributed by atoms with Crippen LogP contribution in [-0.4, -0.2) is 106 Å². The molecule has 0 aliphatic carbocycles. The van der Waals surface area contributed by atoms with Crippen LogP contribution in [0.15, 0.2) is 0 Å². The van der Waals surface area contributed by atoms with Gasteiger partial charge in [-0.15, -0.1) is 0 Å². The molecule has 0 aromatic carbocycles. The van der Waals surface area contributed by atoms with Gasteiger partial charge < -0.3 is 49.8 Å². The minimum atomic E-state index is -1.91. The number of carboxylic acid groups (broad SMARTS) is 1. The van der Waals surface area contributed by atoms with E-state index >= 15 is 0 Å². The second-order valence-corrected chi connectivity index (χ2v) is 8.75. The third kappa shape index (κ3) is 7.62. The quantitative estimate of drug-likeness (QED) is 0.199. The Morgan fingerprint density at radius 3 is 2.15 bits per heavy atom. The zero-order valence-electron chi connectivity index (χ0n) is 19.8. The summed E-state index contributed by atoms with van der Waals surface area (Å²) < 4.78 is 22.2. The van der Waals surface area contributed by atoms with Crippen molar-refractivity contribution in [2.75, 3.05) is 6.61 Å². The zero-order valence-corrected chi connectivity index (χ0v) is 22.9. The Hall–Kier alpha value is 0.256. The van der Waals surface area contributed by atoms with Gasteiger partial charge in [0.25, 0.3) is 0 Å². The first-order chi connectivity index (χ1) is 14.9. The fourth-order valence-electron chi connectivity index (χ4n) is 4.02. The molecule has 186 valence electrons. The number of ether oxygens (including phenoxy) is 4. The van der Waals surface area contributed by atoms with Crippen molar-refractivity contribution in [3.63, 3.8) is 0 Å². The van der Waals surface area contributed by atoms with Gasteiger partial charge in [0, 0.05) is 6.92 Å². The van der Waals surface area contributed by atoms with Crippen molar-refractivity contribution in [1.82, 2.24) is 5.32 Å². The molecular weight excluding hydrogens is 469 g/mol. The molecule has 0 saturated carbocycles. The van der Waals surface area contributed by atoms with Crippen LogP contribution in [0.25, 0.3) is 0 Å². The molecule has 10 atom stereocenters. The van der Waals surface area contributed by atoms with Crippen LogP contribution in [0.4, 0.5) is 0 Å². The van der Waals surface area contributed by atoms with Crippen LogP contribution in [0.5, 0.6) is 0 Å². The Kier molecular flexibility index (Phi) is 12.8. The Morgan fingerprint density at radius 2 is 1.70 bits per heavy atom. The normalized spacial score (nSPS) is 39.2. The molecule has 2 aliphatic heterocycles. The molecule has 2 aliphatic rings. The monoisotopic (exact) mass is 503 g/mol. The Morgan fingerprint density at radius 1 is 1.09 bits per heavy atom. The van der Waals surface area contributed by atoms with Gasteiger partial charge in [-0.1, -0.05) is 20.0 Å². The summed E-state index contributed by atoms with van der Waals surface area (Å²) in [7, 11) is 0. The minimum absolute atomic E-state index is 0. The van der Waals surface area contributed by atoms with Gasteiger partial charge >= 0.3 is 57.4 Å². The molecule has 10 unspecified atom stereocenters. The summed E-state index contributed by atoms with van der Waals surface area (Å²) in [4.78, 5) is 23.5. The molecule has 0 bridgehead atoms. The van der Waals surface area contributed by atoms with E-state index in [1.165, 1.54) is 6.92 Å². The first-order valence-electron chi connectivity index (χ1n) is 10.6. The molecule has 0 aromatic heterocycles. The number of aliphatic hydroxyl groups excluding tert-OH is 3. The number of aliphatic hydroxyl groups is 3. The number of hydrogen-bond donors (Lipinski definition) is 5. The summed E-state index contributed by atoms with van der Waals surface area (Å²) in [5.41, 5.74) is 0. The van der Waals surface area contributed by atoms with Crippen LogP contribution in [-0.2, 0) is 28.5 Å². The van der Waals surface area contributed by atoms with Gasteiger partial charge in [-0.2, -0.15) is 0 Å². The van der Waals surface area contributed by atoms with Crippen LogP contribution >= 0.6 is 0 Å². The first kappa shape index (κ1) is 31.3. The van der Waals surface area contributed by atoms with E-state index in [0.29, 0.717) is 0 Å². The smallest absolute Gasteiger partial charge is 0.848 e. The van der Waals surface area contributed by atoms with Gasteiger partial charge in [-0.3, -0.25) is 4.79 Å². The van der Waals surface area contributed by atoms with Gasteiger partial charge in [-0.05, 0) is 19.8 Å². The molecule has 0 spiro atoms. The molecule has 13 heteroatoms. The number of carbonyl (C=O) groups is 2. The van der Waals surface area contributed by atoms with Gasteiger partial charge in [-0.25, -0.2) is 4.79 Å². The first-order valence-corrected chi connectivity index (χ1v) is 10.6. The standard InChI is InChI=1S/C20H34NO11.K/c1-7(2)15-11(21-9(5)23)16(12(24)10(6-22)30-15)31-20-14(26)13(25)17(29-8(3)4)18(32-20)19(27)28;/h7-8,10-18,20,22,24,26H,6H2,1-5H3,(H,21,23)(H,27,28);/q-1;+1. The fourth-order valence-corrected chi connectivity index (χ4v) is 4.02. The Labute approximate surface area is 235 Å². The largest absolute Gasteiger partial charge is 1.00 e. The maximum absolute atomic E-state index is 12.7. The van der Waals surface area contributed by atoms with Gasteiger partial charge in [0.2, 0.25) is 5.91 Å². The van der Waals surface area contributed by atoms with Crippen LogP contribution in [0.2, 0.25) is 0 Å². The fraction of sp³-hybridized carbons (Fsp3) is 0.900. The molecule has 0 aromatic rings. The average Bonchev–Trinajstić information content (AvgIpc) is 2.68. The maximum atomic E-state index is 12.7. The number of carbonyl (C=O) groups excluding carboxylic acids is 1. The summed E-state index contributed by atoms with van der Waals surface area (Å²) in [5.74, 6) is -2.11. The van der Waals surface area contributed by atoms with Crippen molar-refractivity contribution in [3.05, 3.63) is 0 Å². The summed E-state index contributed by atoms with van der Waals surface area (Å²) in [5, 5.41) is 55.8. The molecule has 5 N–H and O–H groups in total. The molecule has 2 heterocycles. The van der Waals surface area contributed by atoms with Crippen molar-refractivity contribution < 1.29 is 105 Å². The Bertz CT molecular complexity index is 652. The number of amides is 1. The van der Waals surface area contributed by atoms with E-state index in [-0.39, 0.29) is 57.3 Å². The summed E-state index contributed by atoms with van der Waals surface area (Å²) in [6, 6.07) is -0.931. The molecule has 33 heavy (non-hydrogen) atoms. The van der Waals surface area contributed by atoms with Crippen LogP contribution < -0.4 is 61.8 Å². The zero-order chi connectivity index (χ0) is 24.3. The van der Waals surface area contributed by atoms with Gasteiger partial charge in [0.15, 0.2) is 12.4 Å². The number of aliphatic carboxylic acids is 1. The van der Waals surface area contributed by atoms with Crippen molar-refractivity contribution in [2.45, 2.75) is 102 Å². The molecule has 2 fully saturated rings. The molecule has 0 radical (unpaired) electrons. The predicted octanol–water partition coefficient (Wildman–Crippen LogP) is -5.65. The van der Waals surface area contributed by atoms with E-state index in [1.807, 2.05) is 0 Å². The van der Waals surface area contributed by atoms with Crippen molar-refractivity contribution >= 4 is 11.9 Å². The van der Waals surface area contributed by atoms with Crippen LogP contribution in [0.1, 0.15) is 34.6 Å². The van der Waals surface area contributed by atoms with E-state index in [2.05, 4.69) is 5.32 Å². The molecule has 2 saturated heterocycles. The van der Waals surface area contributed by atoms with E-state index in [1.54, 1.807) is 27.7 Å². The average molecular weight is 504 g/mol. The number of hydrogen-bond acceptors (Lipinski definition) is 10. The number of nitrogens with one attached hydrogen (secondary N) is 1. The van der Waals surface area contributed by atoms with Crippen molar-refractivity contribution in [3.8, 4) is 0 Å². The van der Waals surface area contributed by atoms with Crippen LogP contribution in [0.3, 0.4) is 0 Å². The summed E-state index contributed by atoms with van der Waals surface area (Å²) in [6.07, 6.45) is -13.7. The topological polar surface area (TPSA) is 187 Å². The van der Waals surface area contributed by atoms with Crippen LogP contribution in [0, 0.1) is 5.92 Å². The van der Waals surface area contributed by atoms with Crippen molar-refractivity contribution in [2.24, 2.45) is 5.92 Å². The van der Waals surface area contributed by atoms with Crippen molar-refractivity contribution in [1.29, 1.82) is 0 Å². The summed E-state index contributed by atoms with van der Waals surface area (Å²) >= 11 is 0. The van der Waals surface area contributed by atoms with E-state index in [9.17, 15) is 35.1 Å². The number of rotatable bonds is 8. The second kappa shape index (κ2) is 13.5. The van der Waals surface area contributed by atoms with E-state index in [4.69, 9.17) is 18.9 Å².